The van der Waals surface area contributed by atoms with Crippen molar-refractivity contribution in [3.63, 3.8) is 0 Å². The summed E-state index contributed by atoms with van der Waals surface area (Å²) in [4.78, 5) is 12.1. The van der Waals surface area contributed by atoms with Crippen molar-refractivity contribution in [1.82, 2.24) is 0 Å². The summed E-state index contributed by atoms with van der Waals surface area (Å²) in [5.41, 5.74) is 1.01. The highest BCUT2D eigenvalue weighted by molar-refractivity contribution is 5.78. The van der Waals surface area contributed by atoms with E-state index < -0.39 is 0 Å². The van der Waals surface area contributed by atoms with Crippen LogP contribution in [-0.4, -0.2) is 32.8 Å². The average molecular weight is 264 g/mol. The number of nitrogens with two attached hydrogens (primary N) is 1. The number of quaternary nitrogens is 1. The number of hydrogen-bond donors (Lipinski definition) is 1. The summed E-state index contributed by atoms with van der Waals surface area (Å²) < 4.78 is 10.1. The van der Waals surface area contributed by atoms with Crippen LogP contribution in [0.5, 0.6) is 5.75 Å². The molecule has 1 heterocycles. The van der Waals surface area contributed by atoms with Gasteiger partial charge in [0.1, 0.15) is 17.7 Å². The normalized spacial score (nSPS) is 20.6. The van der Waals surface area contributed by atoms with Crippen molar-refractivity contribution in [2.24, 2.45) is 0 Å². The standard InChI is InChI=1S/C15H21NO3/c1-18-12-8-6-11(7-9-12)14(15(17)19-2)13-5-3-4-10-16-13/h6-9,13-14,16H,3-5,10H2,1-2H3/p+1/t13-,14-/m0/s1. The molecule has 0 radical (unpaired) electrons. The number of benzene rings is 1. The highest BCUT2D eigenvalue weighted by Gasteiger charge is 2.34. The number of carbonyl (C=O) groups excluding carboxylic acids is 1. The molecule has 104 valence electrons. The maximum Gasteiger partial charge on any atom is 0.319 e. The molecule has 1 aliphatic heterocycles. The van der Waals surface area contributed by atoms with Crippen molar-refractivity contribution < 1.29 is 19.6 Å². The number of rotatable bonds is 4. The van der Waals surface area contributed by atoms with Crippen molar-refractivity contribution in [1.29, 1.82) is 0 Å². The van der Waals surface area contributed by atoms with Crippen LogP contribution in [0, 0.1) is 0 Å². The van der Waals surface area contributed by atoms with E-state index in [0.29, 0.717) is 0 Å². The van der Waals surface area contributed by atoms with E-state index in [2.05, 4.69) is 5.32 Å². The summed E-state index contributed by atoms with van der Waals surface area (Å²) in [7, 11) is 3.10. The van der Waals surface area contributed by atoms with E-state index >= 15 is 0 Å². The summed E-state index contributed by atoms with van der Waals surface area (Å²) in [6.07, 6.45) is 3.48. The fourth-order valence-corrected chi connectivity index (χ4v) is 2.77. The molecule has 0 saturated carbocycles. The smallest absolute Gasteiger partial charge is 0.319 e. The van der Waals surface area contributed by atoms with Gasteiger partial charge < -0.3 is 14.8 Å². The van der Waals surface area contributed by atoms with Gasteiger partial charge in [0, 0.05) is 6.42 Å². The number of esters is 1. The number of ether oxygens (including phenoxy) is 2. The molecule has 2 N–H and O–H groups in total. The second-order valence-corrected chi connectivity index (χ2v) is 4.96. The average Bonchev–Trinajstić information content (AvgIpc) is 2.49. The first-order valence-corrected chi connectivity index (χ1v) is 6.81. The van der Waals surface area contributed by atoms with Crippen molar-refractivity contribution in [3.8, 4) is 5.75 Å². The Labute approximate surface area is 114 Å². The lowest BCUT2D eigenvalue weighted by Gasteiger charge is -2.27. The second-order valence-electron chi connectivity index (χ2n) is 4.96. The topological polar surface area (TPSA) is 52.1 Å². The van der Waals surface area contributed by atoms with Crippen LogP contribution < -0.4 is 10.1 Å². The van der Waals surface area contributed by atoms with E-state index in [-0.39, 0.29) is 17.9 Å². The van der Waals surface area contributed by atoms with Crippen molar-refractivity contribution in [2.45, 2.75) is 31.2 Å². The molecule has 1 aromatic carbocycles. The molecule has 19 heavy (non-hydrogen) atoms. The first kappa shape index (κ1) is 13.9. The highest BCUT2D eigenvalue weighted by Crippen LogP contribution is 2.25. The monoisotopic (exact) mass is 264 g/mol. The lowest BCUT2D eigenvalue weighted by atomic mass is 9.86. The SMILES string of the molecule is COC(=O)[C@@H](c1ccc(OC)cc1)[C@@H]1CCCC[NH2+]1. The molecule has 4 nitrogen and oxygen atoms in total. The Morgan fingerprint density at radius 3 is 2.53 bits per heavy atom. The molecule has 1 fully saturated rings. The van der Waals surface area contributed by atoms with E-state index in [1.165, 1.54) is 20.0 Å². The summed E-state index contributed by atoms with van der Waals surface area (Å²) in [5, 5.41) is 2.27. The Balaban J connectivity index is 2.22. The number of carbonyl (C=O) groups is 1. The Morgan fingerprint density at radius 1 is 1.26 bits per heavy atom. The predicted molar refractivity (Wildman–Crippen MR) is 72.2 cm³/mol. The molecule has 0 bridgehead atoms. The lowest BCUT2D eigenvalue weighted by molar-refractivity contribution is -0.698. The molecule has 0 unspecified atom stereocenters. The third kappa shape index (κ3) is 3.26. The number of methoxy groups -OCH3 is 2. The molecule has 2 atom stereocenters. The van der Waals surface area contributed by atoms with Gasteiger partial charge in [-0.15, -0.1) is 0 Å². The van der Waals surface area contributed by atoms with Crippen molar-refractivity contribution >= 4 is 5.97 Å². The summed E-state index contributed by atoms with van der Waals surface area (Å²) in [5.74, 6) is 0.476. The van der Waals surface area contributed by atoms with Crippen LogP contribution >= 0.6 is 0 Å². The summed E-state index contributed by atoms with van der Waals surface area (Å²) in [6, 6.07) is 8.00. The molecule has 0 spiro atoms. The third-order valence-electron chi connectivity index (χ3n) is 3.82. The zero-order valence-corrected chi connectivity index (χ0v) is 11.6. The molecular formula is C15H22NO3+. The van der Waals surface area contributed by atoms with Crippen LogP contribution in [0.1, 0.15) is 30.7 Å². The molecular weight excluding hydrogens is 242 g/mol. The van der Waals surface area contributed by atoms with Crippen LogP contribution in [0.2, 0.25) is 0 Å². The highest BCUT2D eigenvalue weighted by atomic mass is 16.5. The maximum absolute atomic E-state index is 12.1. The number of piperidine rings is 1. The van der Waals surface area contributed by atoms with Crippen LogP contribution in [0.15, 0.2) is 24.3 Å². The summed E-state index contributed by atoms with van der Waals surface area (Å²) >= 11 is 0. The van der Waals surface area contributed by atoms with Gasteiger partial charge in [0.05, 0.1) is 20.8 Å². The Morgan fingerprint density at radius 2 is 2.00 bits per heavy atom. The zero-order valence-electron chi connectivity index (χ0n) is 11.6. The largest absolute Gasteiger partial charge is 0.497 e. The molecule has 2 rings (SSSR count). The van der Waals surface area contributed by atoms with Gasteiger partial charge in [-0.2, -0.15) is 0 Å². The summed E-state index contributed by atoms with van der Waals surface area (Å²) in [6.45, 7) is 1.09. The van der Waals surface area contributed by atoms with Gasteiger partial charge in [-0.05, 0) is 30.5 Å². The molecule has 4 heteroatoms. The zero-order chi connectivity index (χ0) is 13.7. The van der Waals surface area contributed by atoms with Crippen molar-refractivity contribution in [2.75, 3.05) is 20.8 Å². The van der Waals surface area contributed by atoms with Gasteiger partial charge in [-0.25, -0.2) is 0 Å². The predicted octanol–water partition coefficient (Wildman–Crippen LogP) is 1.07. The fraction of sp³-hybridized carbons (Fsp3) is 0.533. The van der Waals surface area contributed by atoms with Crippen molar-refractivity contribution in [3.05, 3.63) is 29.8 Å². The molecule has 0 amide bonds. The Hall–Kier alpha value is -1.55. The Kier molecular flexibility index (Phi) is 4.80. The quantitative estimate of drug-likeness (QED) is 0.828. The van der Waals surface area contributed by atoms with Gasteiger partial charge >= 0.3 is 5.97 Å². The second kappa shape index (κ2) is 6.57. The molecule has 0 aromatic heterocycles. The van der Waals surface area contributed by atoms with E-state index in [1.54, 1.807) is 7.11 Å². The third-order valence-corrected chi connectivity index (χ3v) is 3.82. The van der Waals surface area contributed by atoms with E-state index in [0.717, 1.165) is 24.3 Å². The maximum atomic E-state index is 12.1. The molecule has 0 aliphatic carbocycles. The molecule has 1 aliphatic rings. The van der Waals surface area contributed by atoms with Gasteiger partial charge in [-0.1, -0.05) is 12.1 Å². The van der Waals surface area contributed by atoms with Gasteiger partial charge in [-0.3, -0.25) is 4.79 Å². The van der Waals surface area contributed by atoms with Crippen LogP contribution in [0.3, 0.4) is 0 Å². The molecule has 1 aromatic rings. The van der Waals surface area contributed by atoms with Gasteiger partial charge in [0.2, 0.25) is 0 Å². The molecule has 1 saturated heterocycles. The first-order chi connectivity index (χ1) is 9.26. The van der Waals surface area contributed by atoms with Gasteiger partial charge in [0.15, 0.2) is 0 Å². The van der Waals surface area contributed by atoms with Crippen LogP contribution in [-0.2, 0) is 9.53 Å². The number of hydrogen-bond acceptors (Lipinski definition) is 3. The van der Waals surface area contributed by atoms with Gasteiger partial charge in [0.25, 0.3) is 0 Å². The lowest BCUT2D eigenvalue weighted by Crippen LogP contribution is -2.92. The minimum absolute atomic E-state index is 0.145. The Bertz CT molecular complexity index is 410. The van der Waals surface area contributed by atoms with E-state index in [1.807, 2.05) is 24.3 Å². The van der Waals surface area contributed by atoms with Crippen LogP contribution in [0.25, 0.3) is 0 Å². The fourth-order valence-electron chi connectivity index (χ4n) is 2.77. The van der Waals surface area contributed by atoms with Crippen LogP contribution in [0.4, 0.5) is 0 Å². The minimum atomic E-state index is -0.184. The van der Waals surface area contributed by atoms with E-state index in [9.17, 15) is 4.79 Å². The first-order valence-electron chi connectivity index (χ1n) is 6.81. The van der Waals surface area contributed by atoms with E-state index in [4.69, 9.17) is 9.47 Å². The minimum Gasteiger partial charge on any atom is -0.497 e.